The number of carbonyl (C=O) groups excluding carboxylic acids is 3. The number of guanidine groups is 1. The Hall–Kier alpha value is -4.61. The molecule has 0 saturated heterocycles. The predicted octanol–water partition coefficient (Wildman–Crippen LogP) is 0.861. The molecule has 0 aromatic heterocycles. The first kappa shape index (κ1) is 29.6. The van der Waals surface area contributed by atoms with Crippen LogP contribution >= 0.6 is 0 Å². The number of benzene rings is 2. The van der Waals surface area contributed by atoms with Crippen LogP contribution in [-0.2, 0) is 32.1 Å². The first-order chi connectivity index (χ1) is 18.2. The molecule has 2 aromatic rings. The molecule has 204 valence electrons. The molecule has 0 unspecified atom stereocenters. The van der Waals surface area contributed by atoms with Crippen LogP contribution in [0, 0.1) is 5.41 Å². The van der Waals surface area contributed by atoms with Gasteiger partial charge in [0.1, 0.15) is 24.7 Å². The number of carboxylic acid groups (broad SMARTS) is 1. The minimum atomic E-state index is -1.23. The van der Waals surface area contributed by atoms with Crippen LogP contribution in [-0.4, -0.2) is 59.6 Å². The van der Waals surface area contributed by atoms with Gasteiger partial charge in [0.25, 0.3) is 0 Å². The second-order valence-corrected chi connectivity index (χ2v) is 8.56. The molecule has 0 spiro atoms. The normalized spacial score (nSPS) is 12.8. The monoisotopic (exact) mass is 526 g/mol. The SMILES string of the molecule is C[C@H](NC(=O)OCc1ccccc1)C(=O)N[C@@H](Cc1ccccc1)C(=O)N[C@@H](CCCNC(=N)N)C(=O)O. The Bertz CT molecular complexity index is 1080. The summed E-state index contributed by atoms with van der Waals surface area (Å²) < 4.78 is 5.14. The second kappa shape index (κ2) is 15.5. The lowest BCUT2D eigenvalue weighted by Crippen LogP contribution is -2.56. The molecule has 0 aliphatic heterocycles. The molecule has 3 amide bonds. The van der Waals surface area contributed by atoms with Gasteiger partial charge in [0.15, 0.2) is 5.96 Å². The molecule has 3 atom stereocenters. The average Bonchev–Trinajstić information content (AvgIpc) is 2.89. The van der Waals surface area contributed by atoms with Gasteiger partial charge in [0.2, 0.25) is 11.8 Å². The van der Waals surface area contributed by atoms with Crippen molar-refractivity contribution in [3.05, 3.63) is 71.8 Å². The number of carboxylic acids is 1. The molecular formula is C26H34N6O6. The van der Waals surface area contributed by atoms with E-state index in [2.05, 4.69) is 21.3 Å². The van der Waals surface area contributed by atoms with Crippen molar-refractivity contribution in [2.45, 2.75) is 50.9 Å². The summed E-state index contributed by atoms with van der Waals surface area (Å²) in [5.41, 5.74) is 6.74. The Labute approximate surface area is 220 Å². The number of rotatable bonds is 14. The molecule has 0 radical (unpaired) electrons. The van der Waals surface area contributed by atoms with E-state index in [0.29, 0.717) is 6.42 Å². The van der Waals surface area contributed by atoms with Gasteiger partial charge in [0, 0.05) is 13.0 Å². The number of nitrogens with one attached hydrogen (secondary N) is 5. The number of carbonyl (C=O) groups is 4. The number of amides is 3. The highest BCUT2D eigenvalue weighted by molar-refractivity contribution is 5.92. The van der Waals surface area contributed by atoms with E-state index in [9.17, 15) is 24.3 Å². The lowest BCUT2D eigenvalue weighted by molar-refractivity contribution is -0.142. The fraction of sp³-hybridized carbons (Fsp3) is 0.346. The minimum absolute atomic E-state index is 0.0264. The Morgan fingerprint density at radius 2 is 1.47 bits per heavy atom. The maximum Gasteiger partial charge on any atom is 0.408 e. The zero-order chi connectivity index (χ0) is 27.9. The van der Waals surface area contributed by atoms with Crippen LogP contribution in [0.2, 0.25) is 0 Å². The highest BCUT2D eigenvalue weighted by Crippen LogP contribution is 2.06. The summed E-state index contributed by atoms with van der Waals surface area (Å²) in [7, 11) is 0. The number of hydrogen-bond acceptors (Lipinski definition) is 6. The molecule has 0 fully saturated rings. The Kier molecular flexibility index (Phi) is 12.1. The number of aliphatic carboxylic acids is 1. The van der Waals surface area contributed by atoms with Crippen LogP contribution in [0.1, 0.15) is 30.9 Å². The number of alkyl carbamates (subject to hydrolysis) is 1. The lowest BCUT2D eigenvalue weighted by atomic mass is 10.0. The van der Waals surface area contributed by atoms with E-state index < -0.39 is 42.0 Å². The molecule has 12 heteroatoms. The lowest BCUT2D eigenvalue weighted by Gasteiger charge is -2.23. The topological polar surface area (TPSA) is 196 Å². The van der Waals surface area contributed by atoms with E-state index in [1.807, 2.05) is 18.2 Å². The van der Waals surface area contributed by atoms with Crippen molar-refractivity contribution >= 4 is 29.8 Å². The molecule has 0 aliphatic rings. The predicted molar refractivity (Wildman–Crippen MR) is 140 cm³/mol. The Balaban J connectivity index is 2.00. The fourth-order valence-electron chi connectivity index (χ4n) is 3.42. The van der Waals surface area contributed by atoms with Crippen molar-refractivity contribution in [2.24, 2.45) is 5.73 Å². The zero-order valence-corrected chi connectivity index (χ0v) is 21.1. The largest absolute Gasteiger partial charge is 0.480 e. The second-order valence-electron chi connectivity index (χ2n) is 8.56. The first-order valence-corrected chi connectivity index (χ1v) is 12.1. The molecule has 2 aromatic carbocycles. The van der Waals surface area contributed by atoms with E-state index in [1.165, 1.54) is 6.92 Å². The molecule has 2 rings (SSSR count). The van der Waals surface area contributed by atoms with Crippen LogP contribution < -0.4 is 27.0 Å². The van der Waals surface area contributed by atoms with Gasteiger partial charge >= 0.3 is 12.1 Å². The van der Waals surface area contributed by atoms with E-state index in [1.54, 1.807) is 42.5 Å². The third-order valence-electron chi connectivity index (χ3n) is 5.46. The summed E-state index contributed by atoms with van der Waals surface area (Å²) in [4.78, 5) is 49.8. The van der Waals surface area contributed by atoms with Crippen molar-refractivity contribution < 1.29 is 29.0 Å². The van der Waals surface area contributed by atoms with Gasteiger partial charge in [-0.15, -0.1) is 0 Å². The van der Waals surface area contributed by atoms with Crippen molar-refractivity contribution in [1.82, 2.24) is 21.3 Å². The molecule has 12 nitrogen and oxygen atoms in total. The highest BCUT2D eigenvalue weighted by Gasteiger charge is 2.28. The van der Waals surface area contributed by atoms with Crippen molar-refractivity contribution in [3.63, 3.8) is 0 Å². The fourth-order valence-corrected chi connectivity index (χ4v) is 3.42. The van der Waals surface area contributed by atoms with Gasteiger partial charge in [-0.3, -0.25) is 15.0 Å². The van der Waals surface area contributed by atoms with Gasteiger partial charge < -0.3 is 36.8 Å². The van der Waals surface area contributed by atoms with Crippen molar-refractivity contribution in [2.75, 3.05) is 6.54 Å². The third-order valence-corrected chi connectivity index (χ3v) is 5.46. The van der Waals surface area contributed by atoms with Gasteiger partial charge in [-0.05, 0) is 30.9 Å². The van der Waals surface area contributed by atoms with E-state index in [4.69, 9.17) is 15.9 Å². The smallest absolute Gasteiger partial charge is 0.408 e. The number of nitrogens with two attached hydrogens (primary N) is 1. The van der Waals surface area contributed by atoms with Gasteiger partial charge in [-0.1, -0.05) is 60.7 Å². The standard InChI is InChI=1S/C26H34N6O6/c1-17(30-26(37)38-16-19-11-6-3-7-12-19)22(33)32-21(15-18-9-4-2-5-10-18)23(34)31-20(24(35)36)13-8-14-29-25(27)28/h2-7,9-12,17,20-21H,8,13-16H2,1H3,(H,30,37)(H,31,34)(H,32,33)(H,35,36)(H4,27,28,29)/t17-,20-,21-/m0/s1. The summed E-state index contributed by atoms with van der Waals surface area (Å²) in [5, 5.41) is 26.8. The molecule has 0 heterocycles. The zero-order valence-electron chi connectivity index (χ0n) is 21.1. The Morgan fingerprint density at radius 1 is 0.895 bits per heavy atom. The van der Waals surface area contributed by atoms with Crippen LogP contribution in [0.15, 0.2) is 60.7 Å². The molecule has 0 saturated carbocycles. The highest BCUT2D eigenvalue weighted by atomic mass is 16.5. The summed E-state index contributed by atoms with van der Waals surface area (Å²) in [6, 6.07) is 14.6. The van der Waals surface area contributed by atoms with Crippen LogP contribution in [0.5, 0.6) is 0 Å². The summed E-state index contributed by atoms with van der Waals surface area (Å²) in [6.45, 7) is 1.74. The van der Waals surface area contributed by atoms with Crippen molar-refractivity contribution in [3.8, 4) is 0 Å². The Morgan fingerprint density at radius 3 is 2.05 bits per heavy atom. The summed E-state index contributed by atoms with van der Waals surface area (Å²) in [6.07, 6.45) is -0.287. The van der Waals surface area contributed by atoms with E-state index >= 15 is 0 Å². The van der Waals surface area contributed by atoms with Crippen LogP contribution in [0.4, 0.5) is 4.79 Å². The minimum Gasteiger partial charge on any atom is -0.480 e. The summed E-state index contributed by atoms with van der Waals surface area (Å²) >= 11 is 0. The van der Waals surface area contributed by atoms with Gasteiger partial charge in [0.05, 0.1) is 0 Å². The van der Waals surface area contributed by atoms with E-state index in [-0.39, 0.29) is 32.0 Å². The van der Waals surface area contributed by atoms with Crippen molar-refractivity contribution in [1.29, 1.82) is 5.41 Å². The maximum absolute atomic E-state index is 13.1. The molecule has 0 aliphatic carbocycles. The molecule has 8 N–H and O–H groups in total. The molecular weight excluding hydrogens is 492 g/mol. The third kappa shape index (κ3) is 11.0. The van der Waals surface area contributed by atoms with E-state index in [0.717, 1.165) is 11.1 Å². The van der Waals surface area contributed by atoms with Crippen LogP contribution in [0.25, 0.3) is 0 Å². The quantitative estimate of drug-likeness (QED) is 0.107. The molecule has 0 bridgehead atoms. The molecule has 38 heavy (non-hydrogen) atoms. The van der Waals surface area contributed by atoms with Gasteiger partial charge in [-0.25, -0.2) is 9.59 Å². The average molecular weight is 527 g/mol. The first-order valence-electron chi connectivity index (χ1n) is 12.1. The van der Waals surface area contributed by atoms with Gasteiger partial charge in [-0.2, -0.15) is 0 Å². The number of ether oxygens (including phenoxy) is 1. The number of hydrogen-bond donors (Lipinski definition) is 7. The maximum atomic E-state index is 13.1. The summed E-state index contributed by atoms with van der Waals surface area (Å²) in [5.74, 6) is -2.80. The van der Waals surface area contributed by atoms with Crippen LogP contribution in [0.3, 0.4) is 0 Å².